The Bertz CT molecular complexity index is 452. The van der Waals surface area contributed by atoms with Crippen LogP contribution in [0.15, 0.2) is 6.07 Å². The molecule has 1 rings (SSSR count). The summed E-state index contributed by atoms with van der Waals surface area (Å²) in [5, 5.41) is 0.0911. The predicted molar refractivity (Wildman–Crippen MR) is 64.9 cm³/mol. The summed E-state index contributed by atoms with van der Waals surface area (Å²) < 4.78 is 42.5. The van der Waals surface area contributed by atoms with Gasteiger partial charge in [0, 0.05) is 5.33 Å². The van der Waals surface area contributed by atoms with Crippen molar-refractivity contribution in [1.29, 1.82) is 0 Å². The fourth-order valence-corrected chi connectivity index (χ4v) is 1.47. The molecule has 0 aliphatic carbocycles. The molecule has 0 bridgehead atoms. The molecule has 0 saturated carbocycles. The van der Waals surface area contributed by atoms with Gasteiger partial charge in [0.1, 0.15) is 0 Å². The number of hydrogen-bond donors (Lipinski definition) is 0. The van der Waals surface area contributed by atoms with Crippen molar-refractivity contribution < 1.29 is 22.7 Å². The predicted octanol–water partition coefficient (Wildman–Crippen LogP) is 3.35. The second-order valence-electron chi connectivity index (χ2n) is 3.69. The number of rotatable bonds is 5. The van der Waals surface area contributed by atoms with E-state index in [0.717, 1.165) is 6.42 Å². The molecule has 0 unspecified atom stereocenters. The molecule has 8 heteroatoms. The van der Waals surface area contributed by atoms with E-state index in [1.807, 2.05) is 6.92 Å². The van der Waals surface area contributed by atoms with E-state index in [1.165, 1.54) is 6.07 Å². The normalized spacial score (nSPS) is 11.4. The van der Waals surface area contributed by atoms with E-state index in [4.69, 9.17) is 4.74 Å². The first kappa shape index (κ1) is 15.9. The van der Waals surface area contributed by atoms with Crippen molar-refractivity contribution in [2.24, 2.45) is 0 Å². The lowest BCUT2D eigenvalue weighted by molar-refractivity contribution is -0.145. The molecule has 0 aliphatic heterocycles. The lowest BCUT2D eigenvalue weighted by Gasteiger charge is -2.09. The van der Waals surface area contributed by atoms with Crippen LogP contribution >= 0.6 is 15.9 Å². The van der Waals surface area contributed by atoms with E-state index in [1.54, 1.807) is 0 Å². The molecule has 0 atom stereocenters. The lowest BCUT2D eigenvalue weighted by atomic mass is 10.3. The standard InChI is InChI=1S/C11H12BrF3N2O2/c1-2-3-4-19-9(18)8-5-7(6-12)16-10(17-8)11(13,14)15/h5H,2-4,6H2,1H3. The minimum atomic E-state index is -4.70. The number of aromatic nitrogens is 2. The van der Waals surface area contributed by atoms with Gasteiger partial charge in [0.25, 0.3) is 0 Å². The molecule has 1 aromatic heterocycles. The van der Waals surface area contributed by atoms with Crippen molar-refractivity contribution in [3.8, 4) is 0 Å². The zero-order valence-corrected chi connectivity index (χ0v) is 11.7. The van der Waals surface area contributed by atoms with E-state index in [2.05, 4.69) is 25.9 Å². The zero-order valence-electron chi connectivity index (χ0n) is 10.1. The van der Waals surface area contributed by atoms with Crippen molar-refractivity contribution in [1.82, 2.24) is 9.97 Å². The van der Waals surface area contributed by atoms with Crippen LogP contribution in [0.4, 0.5) is 13.2 Å². The summed E-state index contributed by atoms with van der Waals surface area (Å²) in [6, 6.07) is 1.18. The topological polar surface area (TPSA) is 52.1 Å². The Morgan fingerprint density at radius 2 is 2.11 bits per heavy atom. The molecule has 0 aliphatic rings. The Morgan fingerprint density at radius 3 is 2.63 bits per heavy atom. The van der Waals surface area contributed by atoms with Crippen molar-refractivity contribution >= 4 is 21.9 Å². The molecule has 0 aromatic carbocycles. The van der Waals surface area contributed by atoms with E-state index >= 15 is 0 Å². The average Bonchev–Trinajstić information content (AvgIpc) is 2.37. The van der Waals surface area contributed by atoms with Crippen LogP contribution in [-0.2, 0) is 16.2 Å². The monoisotopic (exact) mass is 340 g/mol. The number of carbonyl (C=O) groups is 1. The van der Waals surface area contributed by atoms with Gasteiger partial charge in [0.05, 0.1) is 12.3 Å². The smallest absolute Gasteiger partial charge is 0.451 e. The van der Waals surface area contributed by atoms with Crippen LogP contribution in [0, 0.1) is 0 Å². The molecule has 0 fully saturated rings. The third kappa shape index (κ3) is 4.77. The lowest BCUT2D eigenvalue weighted by Crippen LogP contribution is -2.17. The van der Waals surface area contributed by atoms with E-state index in [-0.39, 0.29) is 23.3 Å². The highest BCUT2D eigenvalue weighted by molar-refractivity contribution is 9.08. The van der Waals surface area contributed by atoms with Gasteiger partial charge in [-0.15, -0.1) is 0 Å². The largest absolute Gasteiger partial charge is 0.461 e. The third-order valence-electron chi connectivity index (χ3n) is 2.11. The van der Waals surface area contributed by atoms with Crippen LogP contribution in [0.5, 0.6) is 0 Å². The minimum absolute atomic E-state index is 0.0739. The molecule has 0 spiro atoms. The highest BCUT2D eigenvalue weighted by Gasteiger charge is 2.36. The van der Waals surface area contributed by atoms with Gasteiger partial charge in [-0.2, -0.15) is 13.2 Å². The molecule has 0 N–H and O–H groups in total. The Morgan fingerprint density at radius 1 is 1.42 bits per heavy atom. The Labute approximate surface area is 116 Å². The highest BCUT2D eigenvalue weighted by atomic mass is 79.9. The first-order valence-corrected chi connectivity index (χ1v) is 6.69. The second kappa shape index (κ2) is 6.83. The van der Waals surface area contributed by atoms with E-state index < -0.39 is 18.0 Å². The summed E-state index contributed by atoms with van der Waals surface area (Å²) in [6.07, 6.45) is -3.23. The van der Waals surface area contributed by atoms with Gasteiger partial charge in [-0.3, -0.25) is 0 Å². The number of carbonyl (C=O) groups excluding carboxylic acids is 1. The van der Waals surface area contributed by atoms with Crippen LogP contribution in [0.1, 0.15) is 41.8 Å². The summed E-state index contributed by atoms with van der Waals surface area (Å²) in [5.74, 6) is -2.21. The maximum atomic E-state index is 12.6. The Kier molecular flexibility index (Phi) is 5.71. The first-order chi connectivity index (χ1) is 8.88. The van der Waals surface area contributed by atoms with Crippen molar-refractivity contribution in [3.63, 3.8) is 0 Å². The average molecular weight is 341 g/mol. The second-order valence-corrected chi connectivity index (χ2v) is 4.25. The summed E-state index contributed by atoms with van der Waals surface area (Å²) in [7, 11) is 0. The molecular formula is C11H12BrF3N2O2. The van der Waals surface area contributed by atoms with Gasteiger partial charge in [-0.25, -0.2) is 14.8 Å². The number of esters is 1. The van der Waals surface area contributed by atoms with E-state index in [9.17, 15) is 18.0 Å². The zero-order chi connectivity index (χ0) is 14.5. The van der Waals surface area contributed by atoms with Crippen LogP contribution in [0.25, 0.3) is 0 Å². The number of halogens is 4. The summed E-state index contributed by atoms with van der Waals surface area (Å²) in [4.78, 5) is 18.1. The number of nitrogens with zero attached hydrogens (tertiary/aromatic N) is 2. The number of alkyl halides is 4. The summed E-state index contributed by atoms with van der Waals surface area (Å²) in [5.41, 5.74) is -0.308. The molecule has 106 valence electrons. The van der Waals surface area contributed by atoms with Crippen molar-refractivity contribution in [2.45, 2.75) is 31.3 Å². The van der Waals surface area contributed by atoms with Gasteiger partial charge in [-0.05, 0) is 12.5 Å². The van der Waals surface area contributed by atoms with Gasteiger partial charge in [-0.1, -0.05) is 29.3 Å². The van der Waals surface area contributed by atoms with E-state index in [0.29, 0.717) is 6.42 Å². The van der Waals surface area contributed by atoms with Crippen LogP contribution in [0.3, 0.4) is 0 Å². The quantitative estimate of drug-likeness (QED) is 0.468. The van der Waals surface area contributed by atoms with Gasteiger partial charge < -0.3 is 4.74 Å². The van der Waals surface area contributed by atoms with Crippen molar-refractivity contribution in [3.05, 3.63) is 23.3 Å². The highest BCUT2D eigenvalue weighted by Crippen LogP contribution is 2.26. The minimum Gasteiger partial charge on any atom is -0.461 e. The molecule has 0 radical (unpaired) electrons. The van der Waals surface area contributed by atoms with Crippen LogP contribution < -0.4 is 0 Å². The van der Waals surface area contributed by atoms with Gasteiger partial charge in [0.2, 0.25) is 5.82 Å². The maximum Gasteiger partial charge on any atom is 0.451 e. The molecule has 1 heterocycles. The molecule has 0 saturated heterocycles. The number of hydrogen-bond acceptors (Lipinski definition) is 4. The summed E-state index contributed by atoms with van der Waals surface area (Å²) in [6.45, 7) is 2.06. The Balaban J connectivity index is 2.97. The molecule has 19 heavy (non-hydrogen) atoms. The molecule has 0 amide bonds. The SMILES string of the molecule is CCCCOC(=O)c1cc(CBr)nc(C(F)(F)F)n1. The Hall–Kier alpha value is -1.18. The maximum absolute atomic E-state index is 12.6. The van der Waals surface area contributed by atoms with Crippen LogP contribution in [0.2, 0.25) is 0 Å². The summed E-state index contributed by atoms with van der Waals surface area (Å²) >= 11 is 3.00. The molecular weight excluding hydrogens is 329 g/mol. The third-order valence-corrected chi connectivity index (χ3v) is 2.68. The first-order valence-electron chi connectivity index (χ1n) is 5.56. The van der Waals surface area contributed by atoms with Crippen LogP contribution in [-0.4, -0.2) is 22.5 Å². The molecule has 1 aromatic rings. The van der Waals surface area contributed by atoms with Gasteiger partial charge in [0.15, 0.2) is 5.69 Å². The number of ether oxygens (including phenoxy) is 1. The number of unbranched alkanes of at least 4 members (excludes halogenated alkanes) is 1. The fourth-order valence-electron chi connectivity index (χ4n) is 1.18. The fraction of sp³-hybridized carbons (Fsp3) is 0.545. The van der Waals surface area contributed by atoms with Crippen molar-refractivity contribution in [2.75, 3.05) is 6.61 Å². The van der Waals surface area contributed by atoms with Gasteiger partial charge >= 0.3 is 12.1 Å². The molecule has 4 nitrogen and oxygen atoms in total.